The Morgan fingerprint density at radius 1 is 0.676 bits per heavy atom. The largest absolute Gasteiger partial charge is 0.439 e. The first kappa shape index (κ1) is 20.2. The highest BCUT2D eigenvalue weighted by atomic mass is 16.5. The minimum absolute atomic E-state index is 0.596. The first-order chi connectivity index (χ1) is 16.7. The van der Waals surface area contributed by atoms with Gasteiger partial charge in [-0.1, -0.05) is 54.6 Å². The maximum absolute atomic E-state index is 6.04. The Hall–Kier alpha value is -4.44. The van der Waals surface area contributed by atoms with Crippen LogP contribution in [0.4, 0.5) is 0 Å². The molecular formula is C30H23N3O. The molecular weight excluding hydrogens is 418 g/mol. The summed E-state index contributed by atoms with van der Waals surface area (Å²) in [6.07, 6.45) is 1.85. The summed E-state index contributed by atoms with van der Waals surface area (Å²) in [5.74, 6) is 2.31. The van der Waals surface area contributed by atoms with Gasteiger partial charge in [-0.15, -0.1) is 0 Å². The molecule has 34 heavy (non-hydrogen) atoms. The van der Waals surface area contributed by atoms with Gasteiger partial charge in [-0.05, 0) is 66.9 Å². The van der Waals surface area contributed by atoms with E-state index in [1.165, 1.54) is 10.8 Å². The Balaban J connectivity index is 1.50. The molecule has 6 rings (SSSR count). The summed E-state index contributed by atoms with van der Waals surface area (Å²) in [5.41, 5.74) is 6.55. The average molecular weight is 442 g/mol. The second kappa shape index (κ2) is 8.16. The van der Waals surface area contributed by atoms with Crippen molar-refractivity contribution in [2.24, 2.45) is 0 Å². The van der Waals surface area contributed by atoms with E-state index < -0.39 is 0 Å². The summed E-state index contributed by atoms with van der Waals surface area (Å²) < 4.78 is 8.30. The van der Waals surface area contributed by atoms with Crippen LogP contribution in [-0.2, 0) is 0 Å². The molecule has 6 aromatic rings. The number of ether oxygens (including phenoxy) is 1. The fourth-order valence-electron chi connectivity index (χ4n) is 4.52. The van der Waals surface area contributed by atoms with E-state index in [2.05, 4.69) is 77.1 Å². The first-order valence-electron chi connectivity index (χ1n) is 11.3. The van der Waals surface area contributed by atoms with Gasteiger partial charge in [-0.25, -0.2) is 9.97 Å². The molecule has 3 aromatic carbocycles. The van der Waals surface area contributed by atoms with Gasteiger partial charge in [0.1, 0.15) is 11.6 Å². The van der Waals surface area contributed by atoms with Gasteiger partial charge in [0.25, 0.3) is 0 Å². The third-order valence-electron chi connectivity index (χ3n) is 6.12. The Morgan fingerprint density at radius 3 is 2.38 bits per heavy atom. The van der Waals surface area contributed by atoms with Crippen molar-refractivity contribution in [1.82, 2.24) is 14.5 Å². The fraction of sp³-hybridized carbons (Fsp3) is 0.0667. The SMILES string of the molecule is Cc1cccc(Oc2cccc(-c3ccc4c5ccccc5n(-c5ncccc5C)c4c3)c2)n1. The number of fused-ring (bicyclic) bond motifs is 3. The maximum atomic E-state index is 6.04. The summed E-state index contributed by atoms with van der Waals surface area (Å²) >= 11 is 0. The van der Waals surface area contributed by atoms with Crippen molar-refractivity contribution in [3.05, 3.63) is 115 Å². The second-order valence-corrected chi connectivity index (χ2v) is 8.48. The number of aryl methyl sites for hydroxylation is 2. The number of benzene rings is 3. The molecule has 3 aromatic heterocycles. The van der Waals surface area contributed by atoms with Gasteiger partial charge in [0, 0.05) is 28.7 Å². The highest BCUT2D eigenvalue weighted by Gasteiger charge is 2.15. The van der Waals surface area contributed by atoms with E-state index in [1.807, 2.05) is 49.5 Å². The van der Waals surface area contributed by atoms with Gasteiger partial charge in [0.2, 0.25) is 5.88 Å². The normalized spacial score (nSPS) is 11.2. The predicted octanol–water partition coefficient (Wildman–Crippen LogP) is 7.65. The molecule has 0 bridgehead atoms. The van der Waals surface area contributed by atoms with Crippen LogP contribution in [0.5, 0.6) is 11.6 Å². The van der Waals surface area contributed by atoms with E-state index in [4.69, 9.17) is 9.72 Å². The summed E-state index contributed by atoms with van der Waals surface area (Å²) in [4.78, 5) is 9.18. The number of nitrogens with zero attached hydrogens (tertiary/aromatic N) is 3. The van der Waals surface area contributed by atoms with Gasteiger partial charge < -0.3 is 4.74 Å². The molecule has 0 saturated carbocycles. The topological polar surface area (TPSA) is 39.9 Å². The Bertz CT molecular complexity index is 1670. The van der Waals surface area contributed by atoms with Crippen molar-refractivity contribution in [2.45, 2.75) is 13.8 Å². The zero-order chi connectivity index (χ0) is 23.1. The molecule has 0 aliphatic rings. The molecule has 0 saturated heterocycles. The summed E-state index contributed by atoms with van der Waals surface area (Å²) in [7, 11) is 0. The molecule has 164 valence electrons. The van der Waals surface area contributed by atoms with Crippen LogP contribution in [-0.4, -0.2) is 14.5 Å². The number of rotatable bonds is 4. The first-order valence-corrected chi connectivity index (χ1v) is 11.3. The molecule has 0 aliphatic heterocycles. The van der Waals surface area contributed by atoms with E-state index in [9.17, 15) is 0 Å². The van der Waals surface area contributed by atoms with Crippen molar-refractivity contribution in [3.63, 3.8) is 0 Å². The number of para-hydroxylation sites is 1. The lowest BCUT2D eigenvalue weighted by Crippen LogP contribution is -1.99. The minimum Gasteiger partial charge on any atom is -0.439 e. The van der Waals surface area contributed by atoms with E-state index in [0.717, 1.165) is 45.0 Å². The van der Waals surface area contributed by atoms with Crippen LogP contribution < -0.4 is 4.74 Å². The van der Waals surface area contributed by atoms with Crippen molar-refractivity contribution in [3.8, 4) is 28.6 Å². The van der Waals surface area contributed by atoms with Gasteiger partial charge in [0.05, 0.1) is 11.0 Å². The van der Waals surface area contributed by atoms with E-state index >= 15 is 0 Å². The molecule has 0 N–H and O–H groups in total. The van der Waals surface area contributed by atoms with Crippen molar-refractivity contribution in [2.75, 3.05) is 0 Å². The van der Waals surface area contributed by atoms with Gasteiger partial charge in [-0.3, -0.25) is 4.57 Å². The number of hydrogen-bond acceptors (Lipinski definition) is 3. The average Bonchev–Trinajstić information content (AvgIpc) is 3.18. The van der Waals surface area contributed by atoms with Gasteiger partial charge in [0.15, 0.2) is 0 Å². The smallest absolute Gasteiger partial charge is 0.219 e. The van der Waals surface area contributed by atoms with Crippen LogP contribution in [0.1, 0.15) is 11.3 Å². The Kier molecular flexibility index (Phi) is 4.84. The fourth-order valence-corrected chi connectivity index (χ4v) is 4.52. The number of hydrogen-bond donors (Lipinski definition) is 0. The standard InChI is InChI=1S/C30H23N3O/c1-20-8-7-17-31-30(20)33-27-13-4-3-12-25(27)26-16-15-23(19-28(26)33)22-10-6-11-24(18-22)34-29-14-5-9-21(2)32-29/h3-19H,1-2H3. The van der Waals surface area contributed by atoms with Crippen molar-refractivity contribution in [1.29, 1.82) is 0 Å². The lowest BCUT2D eigenvalue weighted by molar-refractivity contribution is 0.462. The zero-order valence-electron chi connectivity index (χ0n) is 19.1. The number of aromatic nitrogens is 3. The molecule has 4 nitrogen and oxygen atoms in total. The Morgan fingerprint density at radius 2 is 1.50 bits per heavy atom. The lowest BCUT2D eigenvalue weighted by Gasteiger charge is -2.11. The van der Waals surface area contributed by atoms with Crippen LogP contribution in [0.2, 0.25) is 0 Å². The van der Waals surface area contributed by atoms with E-state index in [0.29, 0.717) is 5.88 Å². The molecule has 0 amide bonds. The van der Waals surface area contributed by atoms with E-state index in [1.54, 1.807) is 0 Å². The van der Waals surface area contributed by atoms with Gasteiger partial charge >= 0.3 is 0 Å². The third kappa shape index (κ3) is 3.50. The van der Waals surface area contributed by atoms with E-state index in [-0.39, 0.29) is 0 Å². The minimum atomic E-state index is 0.596. The molecule has 0 atom stereocenters. The lowest BCUT2D eigenvalue weighted by atomic mass is 10.0. The molecule has 0 fully saturated rings. The maximum Gasteiger partial charge on any atom is 0.219 e. The predicted molar refractivity (Wildman–Crippen MR) is 138 cm³/mol. The summed E-state index contributed by atoms with van der Waals surface area (Å²) in [5, 5.41) is 2.43. The van der Waals surface area contributed by atoms with Crippen molar-refractivity contribution >= 4 is 21.8 Å². The second-order valence-electron chi connectivity index (χ2n) is 8.48. The van der Waals surface area contributed by atoms with Crippen LogP contribution in [0.3, 0.4) is 0 Å². The quantitative estimate of drug-likeness (QED) is 0.282. The Labute approximate surface area is 198 Å². The molecule has 0 aliphatic carbocycles. The molecule has 0 radical (unpaired) electrons. The molecule has 0 spiro atoms. The van der Waals surface area contributed by atoms with Crippen molar-refractivity contribution < 1.29 is 4.74 Å². The molecule has 3 heterocycles. The summed E-state index contributed by atoms with van der Waals surface area (Å²) in [6, 6.07) is 33.1. The molecule has 0 unspecified atom stereocenters. The van der Waals surface area contributed by atoms with Crippen LogP contribution in [0, 0.1) is 13.8 Å². The molecule has 4 heteroatoms. The number of pyridine rings is 2. The van der Waals surface area contributed by atoms with Crippen LogP contribution in [0.25, 0.3) is 38.8 Å². The zero-order valence-corrected chi connectivity index (χ0v) is 19.1. The summed E-state index contributed by atoms with van der Waals surface area (Å²) in [6.45, 7) is 4.06. The van der Waals surface area contributed by atoms with Crippen LogP contribution in [0.15, 0.2) is 103 Å². The third-order valence-corrected chi connectivity index (χ3v) is 6.12. The highest BCUT2D eigenvalue weighted by Crippen LogP contribution is 2.35. The highest BCUT2D eigenvalue weighted by molar-refractivity contribution is 6.10. The van der Waals surface area contributed by atoms with Gasteiger partial charge in [-0.2, -0.15) is 0 Å². The monoisotopic (exact) mass is 441 g/mol. The van der Waals surface area contributed by atoms with Crippen LogP contribution >= 0.6 is 0 Å².